The van der Waals surface area contributed by atoms with Crippen LogP contribution in [-0.2, 0) is 4.74 Å². The van der Waals surface area contributed by atoms with E-state index in [1.54, 1.807) is 0 Å². The first-order chi connectivity index (χ1) is 7.86. The highest BCUT2D eigenvalue weighted by Crippen LogP contribution is 2.25. The summed E-state index contributed by atoms with van der Waals surface area (Å²) in [6.45, 7) is 4.07. The van der Waals surface area contributed by atoms with Gasteiger partial charge in [0.1, 0.15) is 6.10 Å². The summed E-state index contributed by atoms with van der Waals surface area (Å²) in [4.78, 5) is 0. The first-order valence-corrected chi connectivity index (χ1v) is 6.10. The largest absolute Gasteiger partial charge is 0.490 e. The van der Waals surface area contributed by atoms with Crippen molar-refractivity contribution in [2.24, 2.45) is 0 Å². The molecular formula is C15H19O. The summed E-state index contributed by atoms with van der Waals surface area (Å²) in [6.07, 6.45) is 8.22. The molecule has 0 N–H and O–H groups in total. The van der Waals surface area contributed by atoms with Crippen LogP contribution in [0.1, 0.15) is 43.8 Å². The second kappa shape index (κ2) is 5.74. The van der Waals surface area contributed by atoms with Crippen molar-refractivity contribution < 1.29 is 4.74 Å². The fourth-order valence-electron chi connectivity index (χ4n) is 2.01. The molecule has 85 valence electrons. The van der Waals surface area contributed by atoms with Crippen LogP contribution < -0.4 is 0 Å². The van der Waals surface area contributed by atoms with Crippen LogP contribution in [0.15, 0.2) is 42.2 Å². The summed E-state index contributed by atoms with van der Waals surface area (Å²) in [5.74, 6) is 1.13. The van der Waals surface area contributed by atoms with E-state index in [2.05, 4.69) is 25.1 Å². The molecule has 0 aromatic heterocycles. The quantitative estimate of drug-likeness (QED) is 0.725. The summed E-state index contributed by atoms with van der Waals surface area (Å²) >= 11 is 0. The van der Waals surface area contributed by atoms with Crippen LogP contribution in [0.5, 0.6) is 0 Å². The minimum atomic E-state index is -0.0782. The lowest BCUT2D eigenvalue weighted by Gasteiger charge is -2.17. The smallest absolute Gasteiger partial charge is 0.123 e. The molecule has 1 aromatic rings. The fraction of sp³-hybridized carbons (Fsp3) is 0.400. The predicted octanol–water partition coefficient (Wildman–Crippen LogP) is 4.43. The van der Waals surface area contributed by atoms with Crippen LogP contribution in [0.4, 0.5) is 0 Å². The van der Waals surface area contributed by atoms with Gasteiger partial charge in [0.2, 0.25) is 0 Å². The predicted molar refractivity (Wildman–Crippen MR) is 66.8 cm³/mol. The third-order valence-electron chi connectivity index (χ3n) is 2.96. The fourth-order valence-corrected chi connectivity index (χ4v) is 2.01. The van der Waals surface area contributed by atoms with Gasteiger partial charge in [0.05, 0.1) is 5.76 Å². The van der Waals surface area contributed by atoms with Gasteiger partial charge in [0.15, 0.2) is 0 Å². The van der Waals surface area contributed by atoms with E-state index in [1.165, 1.54) is 19.3 Å². The third kappa shape index (κ3) is 3.13. The summed E-state index contributed by atoms with van der Waals surface area (Å²) in [6, 6.07) is 10.2. The Morgan fingerprint density at radius 1 is 1.06 bits per heavy atom. The Morgan fingerprint density at radius 3 is 2.69 bits per heavy atom. The zero-order valence-corrected chi connectivity index (χ0v) is 9.69. The number of benzene rings is 1. The van der Waals surface area contributed by atoms with Crippen LogP contribution in [0.25, 0.3) is 0 Å². The molecule has 0 heterocycles. The highest BCUT2D eigenvalue weighted by atomic mass is 16.5. The Hall–Kier alpha value is -1.24. The highest BCUT2D eigenvalue weighted by molar-refractivity contribution is 5.19. The number of allylic oxidation sites excluding steroid dienone is 2. The van der Waals surface area contributed by atoms with Gasteiger partial charge in [-0.1, -0.05) is 36.8 Å². The van der Waals surface area contributed by atoms with Gasteiger partial charge in [0.25, 0.3) is 0 Å². The Labute approximate surface area is 98.1 Å². The zero-order valence-electron chi connectivity index (χ0n) is 9.69. The van der Waals surface area contributed by atoms with Gasteiger partial charge in [0, 0.05) is 6.42 Å². The van der Waals surface area contributed by atoms with Gasteiger partial charge in [-0.05, 0) is 37.8 Å². The first kappa shape index (κ1) is 11.3. The molecule has 0 amide bonds. The van der Waals surface area contributed by atoms with Gasteiger partial charge in [-0.3, -0.25) is 0 Å². The van der Waals surface area contributed by atoms with E-state index >= 15 is 0 Å². The van der Waals surface area contributed by atoms with Crippen molar-refractivity contribution in [2.75, 3.05) is 0 Å². The standard InChI is InChI=1S/C15H19O/c1-13(14-9-5-4-6-10-14)16-15-11-7-2-3-8-12-15/h4-6,9-11,13H,1-3,7-8,12H2. The average Bonchev–Trinajstić information content (AvgIpc) is 2.59. The molecule has 16 heavy (non-hydrogen) atoms. The van der Waals surface area contributed by atoms with Crippen molar-refractivity contribution in [3.05, 3.63) is 54.7 Å². The molecule has 1 aliphatic carbocycles. The van der Waals surface area contributed by atoms with E-state index in [0.717, 1.165) is 24.2 Å². The molecule has 0 bridgehead atoms. The van der Waals surface area contributed by atoms with Crippen molar-refractivity contribution in [3.63, 3.8) is 0 Å². The Morgan fingerprint density at radius 2 is 1.88 bits per heavy atom. The van der Waals surface area contributed by atoms with E-state index in [-0.39, 0.29) is 6.10 Å². The highest BCUT2D eigenvalue weighted by Gasteiger charge is 2.10. The molecule has 1 atom stereocenters. The minimum absolute atomic E-state index is 0.0782. The molecule has 1 aliphatic rings. The maximum Gasteiger partial charge on any atom is 0.123 e. The second-order valence-corrected chi connectivity index (χ2v) is 4.29. The lowest BCUT2D eigenvalue weighted by Crippen LogP contribution is -2.00. The van der Waals surface area contributed by atoms with Crippen molar-refractivity contribution in [2.45, 2.75) is 38.2 Å². The molecule has 0 spiro atoms. The molecule has 1 unspecified atom stereocenters. The topological polar surface area (TPSA) is 9.23 Å². The van der Waals surface area contributed by atoms with E-state index in [4.69, 9.17) is 4.74 Å². The first-order valence-electron chi connectivity index (χ1n) is 6.10. The van der Waals surface area contributed by atoms with Crippen molar-refractivity contribution in [1.82, 2.24) is 0 Å². The van der Waals surface area contributed by atoms with E-state index in [0.29, 0.717) is 0 Å². The number of ether oxygens (including phenoxy) is 1. The molecule has 0 aliphatic heterocycles. The Balaban J connectivity index is 1.96. The minimum Gasteiger partial charge on any atom is -0.490 e. The van der Waals surface area contributed by atoms with Crippen LogP contribution in [-0.4, -0.2) is 0 Å². The van der Waals surface area contributed by atoms with Gasteiger partial charge in [-0.2, -0.15) is 0 Å². The SMILES string of the molecule is [CH2]C(OC1=CCCCCC1)c1ccccc1. The van der Waals surface area contributed by atoms with Gasteiger partial charge >= 0.3 is 0 Å². The molecule has 0 fully saturated rings. The van der Waals surface area contributed by atoms with Gasteiger partial charge in [-0.25, -0.2) is 0 Å². The third-order valence-corrected chi connectivity index (χ3v) is 2.96. The lowest BCUT2D eigenvalue weighted by atomic mass is 10.1. The van der Waals surface area contributed by atoms with Crippen molar-refractivity contribution >= 4 is 0 Å². The summed E-state index contributed by atoms with van der Waals surface area (Å²) in [5.41, 5.74) is 1.15. The molecule has 0 saturated carbocycles. The van der Waals surface area contributed by atoms with E-state index < -0.39 is 0 Å². The number of hydrogen-bond donors (Lipinski definition) is 0. The zero-order chi connectivity index (χ0) is 11.2. The van der Waals surface area contributed by atoms with E-state index in [9.17, 15) is 0 Å². The van der Waals surface area contributed by atoms with Crippen LogP contribution in [0.2, 0.25) is 0 Å². The molecule has 1 aromatic carbocycles. The summed E-state index contributed by atoms with van der Waals surface area (Å²) in [5, 5.41) is 0. The van der Waals surface area contributed by atoms with Crippen LogP contribution in [0, 0.1) is 6.92 Å². The number of hydrogen-bond acceptors (Lipinski definition) is 1. The molecule has 0 saturated heterocycles. The normalized spacial score (nSPS) is 18.4. The monoisotopic (exact) mass is 215 g/mol. The molecule has 2 rings (SSSR count). The lowest BCUT2D eigenvalue weighted by molar-refractivity contribution is 0.145. The van der Waals surface area contributed by atoms with Crippen LogP contribution >= 0.6 is 0 Å². The van der Waals surface area contributed by atoms with Gasteiger partial charge < -0.3 is 4.74 Å². The maximum absolute atomic E-state index is 5.91. The average molecular weight is 215 g/mol. The molecule has 1 heteroatoms. The molecule has 1 radical (unpaired) electrons. The van der Waals surface area contributed by atoms with Gasteiger partial charge in [-0.15, -0.1) is 0 Å². The van der Waals surface area contributed by atoms with E-state index in [1.807, 2.05) is 18.2 Å². The maximum atomic E-state index is 5.91. The number of rotatable bonds is 3. The summed E-state index contributed by atoms with van der Waals surface area (Å²) in [7, 11) is 0. The Kier molecular flexibility index (Phi) is 4.03. The Bertz CT molecular complexity index is 340. The van der Waals surface area contributed by atoms with Crippen molar-refractivity contribution in [3.8, 4) is 0 Å². The van der Waals surface area contributed by atoms with Crippen LogP contribution in [0.3, 0.4) is 0 Å². The summed E-state index contributed by atoms with van der Waals surface area (Å²) < 4.78 is 5.91. The molecular weight excluding hydrogens is 196 g/mol. The molecule has 1 nitrogen and oxygen atoms in total. The van der Waals surface area contributed by atoms with Crippen molar-refractivity contribution in [1.29, 1.82) is 0 Å². The second-order valence-electron chi connectivity index (χ2n) is 4.29.